The molecule has 1 aliphatic heterocycles. The van der Waals surface area contributed by atoms with E-state index in [1.165, 1.54) is 12.1 Å². The average Bonchev–Trinajstić information content (AvgIpc) is 2.84. The largest absolute Gasteiger partial charge is 0.416 e. The predicted molar refractivity (Wildman–Crippen MR) is 136 cm³/mol. The standard InChI is InChI=1S/C24H28ClF3N8/c1-4-36(16(2)3)23-32-21(30-18-9-7-17(8-10-18)24(26,27)28)31-22(33-23)35-14-12-34(13-15-35)20-19(25)6-5-11-29-20/h5-11,16H,4,12-15H2,1-3H3,(H,30,31,32,33). The quantitative estimate of drug-likeness (QED) is 0.453. The van der Waals surface area contributed by atoms with Crippen LogP contribution in [0.2, 0.25) is 5.02 Å². The summed E-state index contributed by atoms with van der Waals surface area (Å²) >= 11 is 6.32. The summed E-state index contributed by atoms with van der Waals surface area (Å²) in [5, 5.41) is 3.65. The molecule has 4 rings (SSSR count). The normalized spacial score (nSPS) is 14.3. The molecule has 12 heteroatoms. The highest BCUT2D eigenvalue weighted by molar-refractivity contribution is 6.32. The molecule has 1 aliphatic rings. The van der Waals surface area contributed by atoms with E-state index >= 15 is 0 Å². The topological polar surface area (TPSA) is 73.3 Å². The molecule has 2 aromatic heterocycles. The number of alkyl halides is 3. The van der Waals surface area contributed by atoms with Gasteiger partial charge in [0.25, 0.3) is 0 Å². The minimum atomic E-state index is -4.40. The monoisotopic (exact) mass is 520 g/mol. The Kier molecular flexibility index (Phi) is 7.67. The summed E-state index contributed by atoms with van der Waals surface area (Å²) in [4.78, 5) is 24.5. The van der Waals surface area contributed by atoms with Crippen LogP contribution in [-0.4, -0.2) is 58.7 Å². The van der Waals surface area contributed by atoms with Crippen LogP contribution in [0.3, 0.4) is 0 Å². The molecular weight excluding hydrogens is 493 g/mol. The highest BCUT2D eigenvalue weighted by Gasteiger charge is 2.30. The Morgan fingerprint density at radius 1 is 1.00 bits per heavy atom. The Labute approximate surface area is 213 Å². The zero-order valence-corrected chi connectivity index (χ0v) is 21.1. The van der Waals surface area contributed by atoms with Crippen LogP contribution in [0.25, 0.3) is 0 Å². The van der Waals surface area contributed by atoms with Gasteiger partial charge in [0.2, 0.25) is 17.8 Å². The molecule has 0 bridgehead atoms. The number of benzene rings is 1. The highest BCUT2D eigenvalue weighted by Crippen LogP contribution is 2.31. The highest BCUT2D eigenvalue weighted by atomic mass is 35.5. The van der Waals surface area contributed by atoms with Crippen LogP contribution in [0.4, 0.5) is 42.5 Å². The lowest BCUT2D eigenvalue weighted by Crippen LogP contribution is -2.47. The van der Waals surface area contributed by atoms with E-state index in [0.29, 0.717) is 55.3 Å². The molecule has 1 N–H and O–H groups in total. The molecule has 8 nitrogen and oxygen atoms in total. The Balaban J connectivity index is 1.58. The Morgan fingerprint density at radius 2 is 1.67 bits per heavy atom. The van der Waals surface area contributed by atoms with Crippen LogP contribution in [-0.2, 0) is 6.18 Å². The zero-order chi connectivity index (χ0) is 25.9. The summed E-state index contributed by atoms with van der Waals surface area (Å²) in [5.41, 5.74) is -0.263. The lowest BCUT2D eigenvalue weighted by Gasteiger charge is -2.36. The first-order valence-electron chi connectivity index (χ1n) is 11.7. The molecule has 192 valence electrons. The third-order valence-electron chi connectivity index (χ3n) is 5.90. The van der Waals surface area contributed by atoms with Gasteiger partial charge in [0, 0.05) is 50.6 Å². The predicted octanol–water partition coefficient (Wildman–Crippen LogP) is 5.24. The fourth-order valence-electron chi connectivity index (χ4n) is 4.02. The molecule has 0 spiro atoms. The molecule has 1 saturated heterocycles. The second-order valence-electron chi connectivity index (χ2n) is 8.62. The number of halogens is 4. The first kappa shape index (κ1) is 25.7. The smallest absolute Gasteiger partial charge is 0.352 e. The fourth-order valence-corrected chi connectivity index (χ4v) is 4.26. The molecule has 3 aromatic rings. The van der Waals surface area contributed by atoms with Crippen molar-refractivity contribution in [3.8, 4) is 0 Å². The van der Waals surface area contributed by atoms with E-state index in [-0.39, 0.29) is 12.0 Å². The van der Waals surface area contributed by atoms with Gasteiger partial charge >= 0.3 is 6.18 Å². The number of rotatable bonds is 7. The number of nitrogens with zero attached hydrogens (tertiary/aromatic N) is 7. The summed E-state index contributed by atoms with van der Waals surface area (Å²) in [5.74, 6) is 2.02. The maximum atomic E-state index is 12.9. The molecule has 0 saturated carbocycles. The molecular formula is C24H28ClF3N8. The van der Waals surface area contributed by atoms with Crippen LogP contribution in [0.1, 0.15) is 26.3 Å². The van der Waals surface area contributed by atoms with Crippen LogP contribution >= 0.6 is 11.6 Å². The van der Waals surface area contributed by atoms with Gasteiger partial charge < -0.3 is 20.0 Å². The second-order valence-corrected chi connectivity index (χ2v) is 9.03. The van der Waals surface area contributed by atoms with E-state index in [1.54, 1.807) is 12.3 Å². The maximum absolute atomic E-state index is 12.9. The first-order valence-corrected chi connectivity index (χ1v) is 12.1. The summed E-state index contributed by atoms with van der Waals surface area (Å²) in [6, 6.07) is 8.54. The van der Waals surface area contributed by atoms with Crippen molar-refractivity contribution in [1.82, 2.24) is 19.9 Å². The van der Waals surface area contributed by atoms with Crippen LogP contribution in [0.5, 0.6) is 0 Å². The number of hydrogen-bond acceptors (Lipinski definition) is 8. The number of anilines is 5. The summed E-state index contributed by atoms with van der Waals surface area (Å²) in [6.45, 7) is 9.45. The van der Waals surface area contributed by atoms with Crippen molar-refractivity contribution in [3.05, 3.63) is 53.2 Å². The maximum Gasteiger partial charge on any atom is 0.416 e. The minimum Gasteiger partial charge on any atom is -0.352 e. The molecule has 36 heavy (non-hydrogen) atoms. The lowest BCUT2D eigenvalue weighted by molar-refractivity contribution is -0.137. The third kappa shape index (κ3) is 5.89. The van der Waals surface area contributed by atoms with Gasteiger partial charge in [-0.3, -0.25) is 0 Å². The number of nitrogens with one attached hydrogen (secondary N) is 1. The number of hydrogen-bond donors (Lipinski definition) is 1. The van der Waals surface area contributed by atoms with Crippen molar-refractivity contribution in [2.24, 2.45) is 0 Å². The number of aromatic nitrogens is 4. The van der Waals surface area contributed by atoms with E-state index in [4.69, 9.17) is 16.6 Å². The van der Waals surface area contributed by atoms with Gasteiger partial charge in [0.05, 0.1) is 10.6 Å². The zero-order valence-electron chi connectivity index (χ0n) is 20.3. The van der Waals surface area contributed by atoms with Crippen LogP contribution in [0.15, 0.2) is 42.6 Å². The van der Waals surface area contributed by atoms with E-state index in [0.717, 1.165) is 18.0 Å². The van der Waals surface area contributed by atoms with Crippen molar-refractivity contribution >= 4 is 41.0 Å². The Bertz CT molecular complexity index is 1160. The summed E-state index contributed by atoms with van der Waals surface area (Å²) < 4.78 is 38.8. The van der Waals surface area contributed by atoms with Crippen molar-refractivity contribution < 1.29 is 13.2 Å². The molecule has 0 atom stereocenters. The van der Waals surface area contributed by atoms with E-state index in [9.17, 15) is 13.2 Å². The third-order valence-corrected chi connectivity index (χ3v) is 6.20. The van der Waals surface area contributed by atoms with Crippen LogP contribution in [0, 0.1) is 0 Å². The van der Waals surface area contributed by atoms with Gasteiger partial charge in [-0.2, -0.15) is 28.1 Å². The molecule has 1 fully saturated rings. The van der Waals surface area contributed by atoms with E-state index in [2.05, 4.69) is 30.1 Å². The molecule has 0 amide bonds. The second kappa shape index (κ2) is 10.7. The van der Waals surface area contributed by atoms with Crippen LogP contribution < -0.4 is 20.0 Å². The molecule has 0 unspecified atom stereocenters. The van der Waals surface area contributed by atoms with Gasteiger partial charge in [-0.1, -0.05) is 11.6 Å². The minimum absolute atomic E-state index is 0.146. The summed E-state index contributed by atoms with van der Waals surface area (Å²) in [7, 11) is 0. The first-order chi connectivity index (χ1) is 17.2. The lowest BCUT2D eigenvalue weighted by atomic mass is 10.2. The molecule has 0 aliphatic carbocycles. The molecule has 0 radical (unpaired) electrons. The van der Waals surface area contributed by atoms with Crippen molar-refractivity contribution in [2.75, 3.05) is 52.7 Å². The fraction of sp³-hybridized carbons (Fsp3) is 0.417. The molecule has 1 aromatic carbocycles. The van der Waals surface area contributed by atoms with E-state index < -0.39 is 11.7 Å². The SMILES string of the molecule is CCN(c1nc(Nc2ccc(C(F)(F)F)cc2)nc(N2CCN(c3ncccc3Cl)CC2)n1)C(C)C. The van der Waals surface area contributed by atoms with E-state index in [1.807, 2.05) is 31.7 Å². The van der Waals surface area contributed by atoms with Crippen molar-refractivity contribution in [1.29, 1.82) is 0 Å². The van der Waals surface area contributed by atoms with Gasteiger partial charge in [0.1, 0.15) is 5.82 Å². The summed E-state index contributed by atoms with van der Waals surface area (Å²) in [6.07, 6.45) is -2.68. The number of piperazine rings is 1. The number of pyridine rings is 1. The van der Waals surface area contributed by atoms with Gasteiger partial charge in [0.15, 0.2) is 0 Å². The Hall–Kier alpha value is -3.34. The van der Waals surface area contributed by atoms with Crippen molar-refractivity contribution in [2.45, 2.75) is 33.0 Å². The average molecular weight is 521 g/mol. The molecule has 3 heterocycles. The van der Waals surface area contributed by atoms with Crippen molar-refractivity contribution in [3.63, 3.8) is 0 Å². The van der Waals surface area contributed by atoms with Gasteiger partial charge in [-0.15, -0.1) is 0 Å². The Morgan fingerprint density at radius 3 is 2.25 bits per heavy atom. The van der Waals surface area contributed by atoms with Gasteiger partial charge in [-0.25, -0.2) is 4.98 Å². The van der Waals surface area contributed by atoms with Gasteiger partial charge in [-0.05, 0) is 57.2 Å².